The van der Waals surface area contributed by atoms with E-state index < -0.39 is 0 Å². The predicted molar refractivity (Wildman–Crippen MR) is 91.9 cm³/mol. The largest absolute Gasteiger partial charge is 0.393 e. The second-order valence-electron chi connectivity index (χ2n) is 8.24. The minimum absolute atomic E-state index is 0.110. The molecule has 3 atom stereocenters. The second-order valence-corrected chi connectivity index (χ2v) is 8.24. The van der Waals surface area contributed by atoms with Gasteiger partial charge in [0.2, 0.25) is 0 Å². The van der Waals surface area contributed by atoms with Gasteiger partial charge in [0.1, 0.15) is 0 Å². The molecule has 0 aromatic carbocycles. The van der Waals surface area contributed by atoms with E-state index in [1.54, 1.807) is 0 Å². The van der Waals surface area contributed by atoms with Crippen molar-refractivity contribution >= 4 is 0 Å². The molecule has 3 nitrogen and oxygen atoms in total. The van der Waals surface area contributed by atoms with Gasteiger partial charge in [-0.05, 0) is 62.8 Å². The smallest absolute Gasteiger partial charge is 0.0578 e. The van der Waals surface area contributed by atoms with Crippen molar-refractivity contribution in [3.8, 4) is 0 Å². The van der Waals surface area contributed by atoms with Crippen molar-refractivity contribution in [2.24, 2.45) is 17.8 Å². The standard InChI is InChI=1S/C19H36N2O/c1-2-19(22)17-10-18(14-21(13-17)12-16-8-9-16)20-11-15-6-4-3-5-7-15/h15-20,22H,2-14H2,1H3. The van der Waals surface area contributed by atoms with E-state index in [-0.39, 0.29) is 6.10 Å². The van der Waals surface area contributed by atoms with Crippen molar-refractivity contribution in [2.45, 2.75) is 76.9 Å². The average Bonchev–Trinajstić information content (AvgIpc) is 3.37. The lowest BCUT2D eigenvalue weighted by Gasteiger charge is -2.40. The lowest BCUT2D eigenvalue weighted by Crippen LogP contribution is -2.52. The third kappa shape index (κ3) is 4.94. The molecule has 128 valence electrons. The lowest BCUT2D eigenvalue weighted by atomic mass is 9.86. The van der Waals surface area contributed by atoms with Gasteiger partial charge in [0.05, 0.1) is 6.10 Å². The van der Waals surface area contributed by atoms with Crippen LogP contribution in [0.2, 0.25) is 0 Å². The summed E-state index contributed by atoms with van der Waals surface area (Å²) in [5.74, 6) is 2.33. The van der Waals surface area contributed by atoms with Gasteiger partial charge in [-0.3, -0.25) is 0 Å². The molecule has 3 heteroatoms. The Kier molecular flexibility index (Phi) is 6.17. The number of hydrogen-bond acceptors (Lipinski definition) is 3. The summed E-state index contributed by atoms with van der Waals surface area (Å²) >= 11 is 0. The van der Waals surface area contributed by atoms with Crippen LogP contribution in [0.1, 0.15) is 64.7 Å². The zero-order valence-electron chi connectivity index (χ0n) is 14.5. The van der Waals surface area contributed by atoms with Crippen LogP contribution in [0.3, 0.4) is 0 Å². The van der Waals surface area contributed by atoms with E-state index in [0.717, 1.165) is 24.8 Å². The summed E-state index contributed by atoms with van der Waals surface area (Å²) in [4.78, 5) is 2.64. The highest BCUT2D eigenvalue weighted by Gasteiger charge is 2.33. The molecule has 2 N–H and O–H groups in total. The number of likely N-dealkylation sites (tertiary alicyclic amines) is 1. The zero-order valence-corrected chi connectivity index (χ0v) is 14.5. The molecule has 0 amide bonds. The summed E-state index contributed by atoms with van der Waals surface area (Å²) in [7, 11) is 0. The van der Waals surface area contributed by atoms with Gasteiger partial charge in [0, 0.05) is 25.7 Å². The van der Waals surface area contributed by atoms with Gasteiger partial charge in [-0.15, -0.1) is 0 Å². The normalized spacial score (nSPS) is 33.0. The van der Waals surface area contributed by atoms with Gasteiger partial charge in [0.15, 0.2) is 0 Å². The summed E-state index contributed by atoms with van der Waals surface area (Å²) in [6.07, 6.45) is 12.0. The molecular formula is C19H36N2O. The minimum atomic E-state index is -0.110. The van der Waals surface area contributed by atoms with Crippen LogP contribution < -0.4 is 5.32 Å². The molecule has 1 saturated heterocycles. The number of piperidine rings is 1. The maximum Gasteiger partial charge on any atom is 0.0578 e. The van der Waals surface area contributed by atoms with Crippen LogP contribution >= 0.6 is 0 Å². The van der Waals surface area contributed by atoms with Gasteiger partial charge in [-0.1, -0.05) is 26.2 Å². The molecule has 0 bridgehead atoms. The van der Waals surface area contributed by atoms with E-state index in [0.29, 0.717) is 12.0 Å². The molecule has 0 radical (unpaired) electrons. The number of aliphatic hydroxyl groups is 1. The van der Waals surface area contributed by atoms with Crippen molar-refractivity contribution in [3.63, 3.8) is 0 Å². The Bertz CT molecular complexity index is 325. The first-order valence-electron chi connectivity index (χ1n) is 9.88. The molecule has 2 aliphatic carbocycles. The van der Waals surface area contributed by atoms with Crippen LogP contribution in [0.25, 0.3) is 0 Å². The van der Waals surface area contributed by atoms with Crippen LogP contribution in [0, 0.1) is 17.8 Å². The van der Waals surface area contributed by atoms with E-state index in [9.17, 15) is 5.11 Å². The Labute approximate surface area is 136 Å². The van der Waals surface area contributed by atoms with Crippen molar-refractivity contribution in [1.82, 2.24) is 10.2 Å². The Hall–Kier alpha value is -0.120. The Morgan fingerprint density at radius 1 is 1.05 bits per heavy atom. The summed E-state index contributed by atoms with van der Waals surface area (Å²) in [6, 6.07) is 0.598. The molecule has 1 heterocycles. The van der Waals surface area contributed by atoms with Crippen LogP contribution in [-0.4, -0.2) is 48.3 Å². The highest BCUT2D eigenvalue weighted by molar-refractivity contribution is 4.89. The highest BCUT2D eigenvalue weighted by atomic mass is 16.3. The molecular weight excluding hydrogens is 272 g/mol. The average molecular weight is 309 g/mol. The maximum atomic E-state index is 10.3. The van der Waals surface area contributed by atoms with E-state index in [1.807, 2.05) is 0 Å². The van der Waals surface area contributed by atoms with Crippen LogP contribution in [0.5, 0.6) is 0 Å². The molecule has 1 aliphatic heterocycles. The Morgan fingerprint density at radius 2 is 1.82 bits per heavy atom. The second kappa shape index (κ2) is 8.12. The van der Waals surface area contributed by atoms with Gasteiger partial charge in [-0.25, -0.2) is 0 Å². The number of aliphatic hydroxyl groups excluding tert-OH is 1. The molecule has 2 saturated carbocycles. The van der Waals surface area contributed by atoms with Crippen molar-refractivity contribution in [3.05, 3.63) is 0 Å². The molecule has 22 heavy (non-hydrogen) atoms. The van der Waals surface area contributed by atoms with Crippen molar-refractivity contribution in [1.29, 1.82) is 0 Å². The number of nitrogens with zero attached hydrogens (tertiary/aromatic N) is 1. The third-order valence-corrected chi connectivity index (χ3v) is 6.15. The molecule has 3 aliphatic rings. The van der Waals surface area contributed by atoms with E-state index >= 15 is 0 Å². The topological polar surface area (TPSA) is 35.5 Å². The molecule has 3 rings (SSSR count). The number of nitrogens with one attached hydrogen (secondary N) is 1. The quantitative estimate of drug-likeness (QED) is 0.759. The molecule has 0 spiro atoms. The fourth-order valence-electron chi connectivity index (χ4n) is 4.53. The third-order valence-electron chi connectivity index (χ3n) is 6.15. The van der Waals surface area contributed by atoms with E-state index in [4.69, 9.17) is 0 Å². The number of rotatable bonds is 7. The molecule has 0 aromatic rings. The zero-order chi connectivity index (χ0) is 15.4. The first-order chi connectivity index (χ1) is 10.7. The SMILES string of the molecule is CCC(O)C1CC(NCC2CCCCC2)CN(CC2CC2)C1. The van der Waals surface area contributed by atoms with Gasteiger partial charge < -0.3 is 15.3 Å². The summed E-state index contributed by atoms with van der Waals surface area (Å²) in [5, 5.41) is 14.2. The first-order valence-corrected chi connectivity index (χ1v) is 9.88. The fourth-order valence-corrected chi connectivity index (χ4v) is 4.53. The van der Waals surface area contributed by atoms with Crippen LogP contribution in [0.15, 0.2) is 0 Å². The summed E-state index contributed by atoms with van der Waals surface area (Å²) in [6.45, 7) is 6.92. The van der Waals surface area contributed by atoms with Gasteiger partial charge >= 0.3 is 0 Å². The highest BCUT2D eigenvalue weighted by Crippen LogP contribution is 2.32. The van der Waals surface area contributed by atoms with Gasteiger partial charge in [0.25, 0.3) is 0 Å². The monoisotopic (exact) mass is 308 g/mol. The van der Waals surface area contributed by atoms with E-state index in [1.165, 1.54) is 71.0 Å². The fraction of sp³-hybridized carbons (Fsp3) is 1.00. The molecule has 0 aromatic heterocycles. The predicted octanol–water partition coefficient (Wildman–Crippen LogP) is 3.03. The van der Waals surface area contributed by atoms with Crippen LogP contribution in [-0.2, 0) is 0 Å². The lowest BCUT2D eigenvalue weighted by molar-refractivity contribution is 0.0331. The Morgan fingerprint density at radius 3 is 2.50 bits per heavy atom. The van der Waals surface area contributed by atoms with Gasteiger partial charge in [-0.2, -0.15) is 0 Å². The molecule has 3 fully saturated rings. The maximum absolute atomic E-state index is 10.3. The number of hydrogen-bond donors (Lipinski definition) is 2. The summed E-state index contributed by atoms with van der Waals surface area (Å²) in [5.41, 5.74) is 0. The first kappa shape index (κ1) is 16.7. The van der Waals surface area contributed by atoms with E-state index in [2.05, 4.69) is 17.1 Å². The Balaban J connectivity index is 1.49. The van der Waals surface area contributed by atoms with Crippen LogP contribution in [0.4, 0.5) is 0 Å². The molecule has 3 unspecified atom stereocenters. The van der Waals surface area contributed by atoms with Crippen molar-refractivity contribution in [2.75, 3.05) is 26.2 Å². The summed E-state index contributed by atoms with van der Waals surface area (Å²) < 4.78 is 0. The minimum Gasteiger partial charge on any atom is -0.393 e. The van der Waals surface area contributed by atoms with Crippen molar-refractivity contribution < 1.29 is 5.11 Å².